The molecule has 0 atom stereocenters. The molecular formula is C102H60N8O4. The van der Waals surface area contributed by atoms with Crippen molar-refractivity contribution in [2.24, 2.45) is 0 Å². The topological polar surface area (TPSA) is 140 Å². The van der Waals surface area contributed by atoms with Crippen LogP contribution in [-0.2, 0) is 0 Å². The minimum Gasteiger partial charge on any atom is -0.456 e. The van der Waals surface area contributed by atoms with Gasteiger partial charge in [-0.3, -0.25) is 0 Å². The van der Waals surface area contributed by atoms with Crippen LogP contribution in [0.5, 0.6) is 0 Å². The zero-order chi connectivity index (χ0) is 74.9. The van der Waals surface area contributed by atoms with Gasteiger partial charge in [-0.25, -0.2) is 29.9 Å². The van der Waals surface area contributed by atoms with Crippen molar-refractivity contribution in [3.63, 3.8) is 0 Å². The Kier molecular flexibility index (Phi) is 14.7. The Morgan fingerprint density at radius 2 is 0.377 bits per heavy atom. The van der Waals surface area contributed by atoms with Crippen molar-refractivity contribution in [2.75, 3.05) is 0 Å². The van der Waals surface area contributed by atoms with E-state index >= 15 is 0 Å². The Bertz CT molecular complexity index is 7410. The first-order valence-electron chi connectivity index (χ1n) is 38.0. The van der Waals surface area contributed by atoms with E-state index in [0.29, 0.717) is 34.9 Å². The molecule has 0 amide bonds. The molecule has 0 aliphatic heterocycles. The number of fused-ring (bicyclic) bond motifs is 18. The minimum atomic E-state index is 0.605. The lowest BCUT2D eigenvalue weighted by Crippen LogP contribution is -2.00. The third kappa shape index (κ3) is 10.8. The predicted octanol–water partition coefficient (Wildman–Crippen LogP) is 26.9. The fourth-order valence-electron chi connectivity index (χ4n) is 16.6. The van der Waals surface area contributed by atoms with Crippen molar-refractivity contribution in [3.05, 3.63) is 364 Å². The van der Waals surface area contributed by atoms with Crippen LogP contribution in [0.25, 0.3) is 233 Å². The molecule has 0 bridgehead atoms. The molecule has 24 rings (SSSR count). The van der Waals surface area contributed by atoms with Crippen LogP contribution < -0.4 is 0 Å². The van der Waals surface area contributed by atoms with Crippen molar-refractivity contribution in [3.8, 4) is 102 Å². The van der Waals surface area contributed by atoms with Gasteiger partial charge in [0.15, 0.2) is 34.9 Å². The summed E-state index contributed by atoms with van der Waals surface area (Å²) in [7, 11) is 0. The molecule has 532 valence electrons. The molecule has 16 aromatic carbocycles. The predicted molar refractivity (Wildman–Crippen MR) is 461 cm³/mol. The van der Waals surface area contributed by atoms with E-state index in [4.69, 9.17) is 47.6 Å². The van der Waals surface area contributed by atoms with Crippen LogP contribution in [0.1, 0.15) is 0 Å². The fraction of sp³-hybridized carbons (Fsp3) is 0. The summed E-state index contributed by atoms with van der Waals surface area (Å²) in [4.78, 5) is 29.7. The first-order valence-corrected chi connectivity index (χ1v) is 38.0. The normalized spacial score (nSPS) is 11.9. The number of nitrogens with zero attached hydrogens (tertiary/aromatic N) is 8. The number of aromatic nitrogens is 8. The largest absolute Gasteiger partial charge is 0.456 e. The molecule has 0 aliphatic rings. The van der Waals surface area contributed by atoms with Crippen LogP contribution in [0.2, 0.25) is 0 Å². The summed E-state index contributed by atoms with van der Waals surface area (Å²) in [6, 6.07) is 126. The highest BCUT2D eigenvalue weighted by molar-refractivity contribution is 6.15. The van der Waals surface area contributed by atoms with Gasteiger partial charge in [0.05, 0.1) is 22.1 Å². The number of hydrogen-bond donors (Lipinski definition) is 0. The molecule has 8 aromatic heterocycles. The summed E-state index contributed by atoms with van der Waals surface area (Å²) in [5, 5.41) is 13.3. The van der Waals surface area contributed by atoms with Gasteiger partial charge in [-0.2, -0.15) is 0 Å². The van der Waals surface area contributed by atoms with E-state index in [-0.39, 0.29) is 0 Å². The molecule has 0 saturated heterocycles. The maximum absolute atomic E-state index is 6.42. The smallest absolute Gasteiger partial charge is 0.164 e. The van der Waals surface area contributed by atoms with Gasteiger partial charge in [-0.05, 0) is 168 Å². The van der Waals surface area contributed by atoms with E-state index in [0.717, 1.165) is 177 Å². The number of para-hydroxylation sites is 4. The number of hydrogen-bond acceptors (Lipinski definition) is 10. The monoisotopic (exact) mass is 1460 g/mol. The van der Waals surface area contributed by atoms with E-state index in [2.05, 4.69) is 203 Å². The average Bonchev–Trinajstić information content (AvgIpc) is 1.58. The molecule has 0 unspecified atom stereocenters. The summed E-state index contributed by atoms with van der Waals surface area (Å²) in [6.07, 6.45) is 0. The molecule has 0 spiro atoms. The lowest BCUT2D eigenvalue weighted by molar-refractivity contribution is 0.668. The molecule has 24 aromatic rings. The van der Waals surface area contributed by atoms with Crippen LogP contribution >= 0.6 is 0 Å². The second-order valence-corrected chi connectivity index (χ2v) is 28.9. The molecule has 12 heteroatoms. The zero-order valence-corrected chi connectivity index (χ0v) is 60.9. The molecule has 0 saturated carbocycles. The van der Waals surface area contributed by atoms with Crippen LogP contribution in [0.15, 0.2) is 382 Å². The van der Waals surface area contributed by atoms with Crippen LogP contribution in [0, 0.1) is 0 Å². The van der Waals surface area contributed by atoms with Gasteiger partial charge in [0.1, 0.15) is 44.7 Å². The first kappa shape index (κ1) is 64.3. The summed E-state index contributed by atoms with van der Waals surface area (Å²) >= 11 is 0. The summed E-state index contributed by atoms with van der Waals surface area (Å²) in [5.74, 6) is 3.72. The van der Waals surface area contributed by atoms with Crippen molar-refractivity contribution in [1.29, 1.82) is 0 Å². The lowest BCUT2D eigenvalue weighted by atomic mass is 10.0. The first-order chi connectivity index (χ1) is 56.4. The van der Waals surface area contributed by atoms with Crippen LogP contribution in [0.4, 0.5) is 0 Å². The Morgan fingerprint density at radius 1 is 0.149 bits per heavy atom. The highest BCUT2D eigenvalue weighted by Crippen LogP contribution is 2.44. The van der Waals surface area contributed by atoms with Crippen molar-refractivity contribution in [1.82, 2.24) is 39.0 Å². The van der Waals surface area contributed by atoms with Gasteiger partial charge < -0.3 is 26.8 Å². The van der Waals surface area contributed by atoms with E-state index in [1.165, 1.54) is 21.5 Å². The highest BCUT2D eigenvalue weighted by atomic mass is 16.3. The van der Waals surface area contributed by atoms with E-state index in [1.54, 1.807) is 0 Å². The van der Waals surface area contributed by atoms with Crippen LogP contribution in [0.3, 0.4) is 0 Å². The Morgan fingerprint density at radius 3 is 0.728 bits per heavy atom. The highest BCUT2D eigenvalue weighted by Gasteiger charge is 2.23. The maximum atomic E-state index is 6.42. The van der Waals surface area contributed by atoms with Gasteiger partial charge in [0, 0.05) is 109 Å². The Hall–Kier alpha value is -15.7. The third-order valence-electron chi connectivity index (χ3n) is 22.1. The van der Waals surface area contributed by atoms with Crippen molar-refractivity contribution in [2.45, 2.75) is 0 Å². The second-order valence-electron chi connectivity index (χ2n) is 28.9. The van der Waals surface area contributed by atoms with Gasteiger partial charge in [-0.15, -0.1) is 0 Å². The number of furan rings is 4. The van der Waals surface area contributed by atoms with E-state index < -0.39 is 0 Å². The standard InChI is InChI=1S/2C51H30N4O2/c2*1-3-11-31(12-4-1)49-52-50(32-13-5-2-6-14-32)54-51(53-49)35-21-25-47-41(29-35)42-30-36(22-26-48(42)57-47)55-43-17-9-7-15-37(43)39-27-33(19-23-44(39)55)34-20-24-46-40(28-34)38-16-8-10-18-45(38)56-46/h2*1-30H. The zero-order valence-electron chi connectivity index (χ0n) is 60.9. The molecule has 0 aliphatic carbocycles. The quantitative estimate of drug-likeness (QED) is 0.130. The minimum absolute atomic E-state index is 0.605. The lowest BCUT2D eigenvalue weighted by Gasteiger charge is -2.09. The average molecular weight is 1460 g/mol. The number of rotatable bonds is 10. The fourth-order valence-corrected chi connectivity index (χ4v) is 16.6. The Balaban J connectivity index is 0.000000135. The molecule has 114 heavy (non-hydrogen) atoms. The summed E-state index contributed by atoms with van der Waals surface area (Å²) in [6.45, 7) is 0. The molecule has 0 fully saturated rings. The molecule has 12 nitrogen and oxygen atoms in total. The summed E-state index contributed by atoms with van der Waals surface area (Å²) < 4.78 is 29.8. The van der Waals surface area contributed by atoms with Crippen LogP contribution in [-0.4, -0.2) is 39.0 Å². The van der Waals surface area contributed by atoms with Gasteiger partial charge >= 0.3 is 0 Å². The second kappa shape index (κ2) is 26.0. The van der Waals surface area contributed by atoms with Gasteiger partial charge in [0.2, 0.25) is 0 Å². The van der Waals surface area contributed by atoms with Crippen molar-refractivity contribution < 1.29 is 17.7 Å². The van der Waals surface area contributed by atoms with Gasteiger partial charge in [0.25, 0.3) is 0 Å². The van der Waals surface area contributed by atoms with Crippen molar-refractivity contribution >= 4 is 131 Å². The SMILES string of the molecule is c1ccc(-c2nc(-c3ccccc3)nc(-c3ccc4oc5ccc(-n6c7ccccc7c7cc(-c8ccc9oc%10ccccc%10c9c8)ccc76)cc5c4c3)n2)cc1.c1ccc(-c2nc(-c3ccccc3)nc(-c3ccc4oc5ccc(-n6c7ccccc7c7cc(-c8ccc9oc%10ccccc%10c9c8)ccc76)cc5c4c3)n2)cc1. The van der Waals surface area contributed by atoms with E-state index in [1.807, 2.05) is 170 Å². The maximum Gasteiger partial charge on any atom is 0.164 e. The number of benzene rings is 16. The van der Waals surface area contributed by atoms with E-state index in [9.17, 15) is 0 Å². The molecule has 8 heterocycles. The molecule has 0 N–H and O–H groups in total. The summed E-state index contributed by atoms with van der Waals surface area (Å²) in [5.41, 5.74) is 23.6. The Labute approximate surface area is 650 Å². The van der Waals surface area contributed by atoms with Gasteiger partial charge in [-0.1, -0.05) is 218 Å². The molecular weight excluding hydrogens is 1400 g/mol. The third-order valence-corrected chi connectivity index (χ3v) is 22.1. The molecule has 0 radical (unpaired) electrons.